The van der Waals surface area contributed by atoms with Gasteiger partial charge < -0.3 is 4.74 Å². The number of likely N-dealkylation sites (tertiary alicyclic amines) is 1. The predicted octanol–water partition coefficient (Wildman–Crippen LogP) is 6.43. The first kappa shape index (κ1) is 20.7. The molecular formula is C28H27FN2O. The van der Waals surface area contributed by atoms with Crippen LogP contribution in [0.4, 0.5) is 4.39 Å². The Morgan fingerprint density at radius 3 is 2.25 bits per heavy atom. The molecule has 0 amide bonds. The van der Waals surface area contributed by atoms with E-state index in [0.29, 0.717) is 11.8 Å². The molecule has 1 aliphatic heterocycles. The summed E-state index contributed by atoms with van der Waals surface area (Å²) in [6.45, 7) is 3.10. The number of methoxy groups -OCH3 is 1. The number of aromatic nitrogens is 1. The topological polar surface area (TPSA) is 25.4 Å². The molecule has 4 heteroatoms. The zero-order chi connectivity index (χ0) is 21.9. The van der Waals surface area contributed by atoms with Crippen LogP contribution in [0.1, 0.15) is 29.9 Å². The number of pyridine rings is 1. The molecule has 3 aromatic carbocycles. The maximum Gasteiger partial charge on any atom is 0.213 e. The van der Waals surface area contributed by atoms with Crippen molar-refractivity contribution < 1.29 is 9.13 Å². The van der Waals surface area contributed by atoms with E-state index < -0.39 is 0 Å². The molecule has 0 radical (unpaired) electrons. The monoisotopic (exact) mass is 426 g/mol. The van der Waals surface area contributed by atoms with Gasteiger partial charge in [-0.05, 0) is 72.3 Å². The number of halogens is 1. The molecule has 1 saturated heterocycles. The Hall–Kier alpha value is -3.24. The summed E-state index contributed by atoms with van der Waals surface area (Å²) in [6.07, 6.45) is 2.26. The van der Waals surface area contributed by atoms with E-state index in [9.17, 15) is 4.39 Å². The van der Waals surface area contributed by atoms with Crippen molar-refractivity contribution in [2.24, 2.45) is 0 Å². The van der Waals surface area contributed by atoms with Crippen LogP contribution >= 0.6 is 0 Å². The Morgan fingerprint density at radius 2 is 1.56 bits per heavy atom. The van der Waals surface area contributed by atoms with Gasteiger partial charge in [-0.15, -0.1) is 0 Å². The Balaban J connectivity index is 1.24. The standard InChI is InChI=1S/C28H27FN2O/c1-32-27-14-11-24-3-2-4-26(28(24)30-27)23-15-17-31(18-16-23)19-20-5-7-21(8-6-20)22-9-12-25(29)13-10-22/h2-14,23H,15-19H2,1H3. The predicted molar refractivity (Wildman–Crippen MR) is 127 cm³/mol. The second kappa shape index (κ2) is 9.09. The first-order valence-corrected chi connectivity index (χ1v) is 11.2. The Labute approximate surface area is 188 Å². The molecule has 162 valence electrons. The molecule has 0 aliphatic carbocycles. The van der Waals surface area contributed by atoms with Crippen molar-refractivity contribution in [3.8, 4) is 17.0 Å². The normalized spacial score (nSPS) is 15.2. The molecule has 0 bridgehead atoms. The SMILES string of the molecule is COc1ccc2cccc(C3CCN(Cc4ccc(-c5ccc(F)cc5)cc4)CC3)c2n1. The highest BCUT2D eigenvalue weighted by Gasteiger charge is 2.22. The smallest absolute Gasteiger partial charge is 0.213 e. The van der Waals surface area contributed by atoms with Gasteiger partial charge in [0.2, 0.25) is 5.88 Å². The molecule has 3 nitrogen and oxygen atoms in total. The van der Waals surface area contributed by atoms with Crippen molar-refractivity contribution in [1.29, 1.82) is 0 Å². The summed E-state index contributed by atoms with van der Waals surface area (Å²) in [4.78, 5) is 7.27. The third kappa shape index (κ3) is 4.37. The fourth-order valence-corrected chi connectivity index (χ4v) is 4.70. The van der Waals surface area contributed by atoms with Crippen LogP contribution in [0.25, 0.3) is 22.0 Å². The van der Waals surface area contributed by atoms with Crippen LogP contribution in [-0.2, 0) is 6.54 Å². The molecule has 0 N–H and O–H groups in total. The molecule has 32 heavy (non-hydrogen) atoms. The number of hydrogen-bond donors (Lipinski definition) is 0. The third-order valence-electron chi connectivity index (χ3n) is 6.50. The number of piperidine rings is 1. The van der Waals surface area contributed by atoms with Gasteiger partial charge in [0.25, 0.3) is 0 Å². The number of para-hydroxylation sites is 1. The van der Waals surface area contributed by atoms with E-state index in [1.807, 2.05) is 18.2 Å². The molecule has 4 aromatic rings. The molecule has 5 rings (SSSR count). The van der Waals surface area contributed by atoms with Gasteiger partial charge in [-0.1, -0.05) is 54.6 Å². The van der Waals surface area contributed by atoms with Crippen molar-refractivity contribution in [3.63, 3.8) is 0 Å². The second-order valence-electron chi connectivity index (χ2n) is 8.53. The minimum atomic E-state index is -0.202. The quantitative estimate of drug-likeness (QED) is 0.368. The largest absolute Gasteiger partial charge is 0.481 e. The number of nitrogens with zero attached hydrogens (tertiary/aromatic N) is 2. The Bertz CT molecular complexity index is 1200. The van der Waals surface area contributed by atoms with Crippen LogP contribution in [0.3, 0.4) is 0 Å². The van der Waals surface area contributed by atoms with Gasteiger partial charge in [0.1, 0.15) is 5.82 Å². The Morgan fingerprint density at radius 1 is 0.875 bits per heavy atom. The lowest BCUT2D eigenvalue weighted by molar-refractivity contribution is 0.205. The average molecular weight is 427 g/mol. The lowest BCUT2D eigenvalue weighted by atomic mass is 9.88. The summed E-state index contributed by atoms with van der Waals surface area (Å²) in [7, 11) is 1.67. The highest BCUT2D eigenvalue weighted by atomic mass is 19.1. The van der Waals surface area contributed by atoms with Gasteiger partial charge in [0.05, 0.1) is 12.6 Å². The van der Waals surface area contributed by atoms with Crippen molar-refractivity contribution in [1.82, 2.24) is 9.88 Å². The van der Waals surface area contributed by atoms with Crippen LogP contribution in [0.5, 0.6) is 5.88 Å². The second-order valence-corrected chi connectivity index (χ2v) is 8.53. The minimum Gasteiger partial charge on any atom is -0.481 e. The lowest BCUT2D eigenvalue weighted by Crippen LogP contribution is -2.32. The van der Waals surface area contributed by atoms with E-state index in [1.165, 1.54) is 28.6 Å². The number of fused-ring (bicyclic) bond motifs is 1. The van der Waals surface area contributed by atoms with E-state index in [2.05, 4.69) is 53.4 Å². The van der Waals surface area contributed by atoms with Crippen molar-refractivity contribution in [2.45, 2.75) is 25.3 Å². The maximum atomic E-state index is 13.2. The van der Waals surface area contributed by atoms with Crippen molar-refractivity contribution in [2.75, 3.05) is 20.2 Å². The summed E-state index contributed by atoms with van der Waals surface area (Å²) in [6, 6.07) is 25.8. The highest BCUT2D eigenvalue weighted by Crippen LogP contribution is 2.33. The molecule has 0 saturated carbocycles. The Kier molecular flexibility index (Phi) is 5.87. The molecular weight excluding hydrogens is 399 g/mol. The van der Waals surface area contributed by atoms with Crippen LogP contribution in [-0.4, -0.2) is 30.1 Å². The van der Waals surface area contributed by atoms with E-state index in [1.54, 1.807) is 7.11 Å². The number of ether oxygens (including phenoxy) is 1. The minimum absolute atomic E-state index is 0.202. The maximum absolute atomic E-state index is 13.2. The van der Waals surface area contributed by atoms with Crippen LogP contribution < -0.4 is 4.74 Å². The molecule has 1 aliphatic rings. The molecule has 0 spiro atoms. The van der Waals surface area contributed by atoms with E-state index in [-0.39, 0.29) is 5.82 Å². The molecule has 0 unspecified atom stereocenters. The van der Waals surface area contributed by atoms with E-state index in [0.717, 1.165) is 49.1 Å². The third-order valence-corrected chi connectivity index (χ3v) is 6.50. The van der Waals surface area contributed by atoms with Gasteiger partial charge in [-0.2, -0.15) is 0 Å². The van der Waals surface area contributed by atoms with Gasteiger partial charge in [0.15, 0.2) is 0 Å². The average Bonchev–Trinajstić information content (AvgIpc) is 2.85. The number of rotatable bonds is 5. The highest BCUT2D eigenvalue weighted by molar-refractivity contribution is 5.83. The number of benzene rings is 3. The summed E-state index contributed by atoms with van der Waals surface area (Å²) in [5.74, 6) is 0.995. The zero-order valence-corrected chi connectivity index (χ0v) is 18.3. The van der Waals surface area contributed by atoms with Gasteiger partial charge in [0, 0.05) is 18.0 Å². The zero-order valence-electron chi connectivity index (χ0n) is 18.3. The summed E-state index contributed by atoms with van der Waals surface area (Å²) in [5.41, 5.74) is 5.88. The van der Waals surface area contributed by atoms with Gasteiger partial charge >= 0.3 is 0 Å². The molecule has 1 aromatic heterocycles. The number of hydrogen-bond acceptors (Lipinski definition) is 3. The van der Waals surface area contributed by atoms with Crippen molar-refractivity contribution >= 4 is 10.9 Å². The summed E-state index contributed by atoms with van der Waals surface area (Å²) >= 11 is 0. The first-order valence-electron chi connectivity index (χ1n) is 11.2. The lowest BCUT2D eigenvalue weighted by Gasteiger charge is -2.32. The van der Waals surface area contributed by atoms with E-state index >= 15 is 0 Å². The van der Waals surface area contributed by atoms with Gasteiger partial charge in [-0.3, -0.25) is 4.90 Å². The summed E-state index contributed by atoms with van der Waals surface area (Å²) < 4.78 is 18.5. The molecule has 2 heterocycles. The fraction of sp³-hybridized carbons (Fsp3) is 0.250. The van der Waals surface area contributed by atoms with Gasteiger partial charge in [-0.25, -0.2) is 9.37 Å². The summed E-state index contributed by atoms with van der Waals surface area (Å²) in [5, 5.41) is 1.17. The van der Waals surface area contributed by atoms with Crippen LogP contribution in [0.15, 0.2) is 78.9 Å². The van der Waals surface area contributed by atoms with E-state index in [4.69, 9.17) is 9.72 Å². The fourth-order valence-electron chi connectivity index (χ4n) is 4.70. The van der Waals surface area contributed by atoms with Crippen LogP contribution in [0, 0.1) is 5.82 Å². The molecule has 0 atom stereocenters. The van der Waals surface area contributed by atoms with Crippen molar-refractivity contribution in [3.05, 3.63) is 95.8 Å². The molecule has 1 fully saturated rings. The first-order chi connectivity index (χ1) is 15.7. The van der Waals surface area contributed by atoms with Crippen LogP contribution in [0.2, 0.25) is 0 Å².